The molecular formula is C27H29N3O2S. The van der Waals surface area contributed by atoms with Gasteiger partial charge in [0.25, 0.3) is 0 Å². The fourth-order valence-electron chi connectivity index (χ4n) is 5.43. The third-order valence-electron chi connectivity index (χ3n) is 7.15. The van der Waals surface area contributed by atoms with Crippen molar-refractivity contribution in [2.45, 2.75) is 49.5 Å². The molecule has 33 heavy (non-hydrogen) atoms. The number of nitrogens with one attached hydrogen (secondary N) is 1. The molecule has 0 saturated heterocycles. The van der Waals surface area contributed by atoms with E-state index in [1.807, 2.05) is 42.2 Å². The number of aromatic hydroxyl groups is 1. The van der Waals surface area contributed by atoms with Crippen LogP contribution in [0.4, 0.5) is 10.5 Å². The second-order valence-electron chi connectivity index (χ2n) is 9.23. The number of carbonyl (C=O) groups excluding carboxylic acids is 1. The van der Waals surface area contributed by atoms with E-state index >= 15 is 0 Å². The van der Waals surface area contributed by atoms with Crippen LogP contribution in [0, 0.1) is 6.92 Å². The Morgan fingerprint density at radius 3 is 2.55 bits per heavy atom. The Hall–Kier alpha value is -2.96. The highest BCUT2D eigenvalue weighted by Gasteiger charge is 2.46. The Labute approximate surface area is 199 Å². The summed E-state index contributed by atoms with van der Waals surface area (Å²) in [7, 11) is 0. The number of aryl methyl sites for hydroxylation is 1. The van der Waals surface area contributed by atoms with Crippen LogP contribution in [0.1, 0.15) is 42.4 Å². The van der Waals surface area contributed by atoms with Gasteiger partial charge in [0, 0.05) is 29.1 Å². The number of nitrogens with zero attached hydrogens (tertiary/aromatic N) is 1. The zero-order valence-corrected chi connectivity index (χ0v) is 19.6. The molecule has 170 valence electrons. The molecule has 5 rings (SSSR count). The SMILES string of the molecule is Cc1cc(O)ccc1-c1ccc2c(c1)C1(CCCC1)CN2C(=O)NCc1ccc(SN)cc1. The van der Waals surface area contributed by atoms with E-state index in [1.165, 1.54) is 30.4 Å². The molecule has 1 heterocycles. The molecule has 6 heteroatoms. The molecule has 1 aliphatic carbocycles. The van der Waals surface area contributed by atoms with Crippen LogP contribution in [-0.2, 0) is 12.0 Å². The molecule has 0 radical (unpaired) electrons. The monoisotopic (exact) mass is 459 g/mol. The molecule has 5 nitrogen and oxygen atoms in total. The first-order chi connectivity index (χ1) is 16.0. The Bertz CT molecular complexity index is 1190. The molecule has 1 saturated carbocycles. The number of benzene rings is 3. The van der Waals surface area contributed by atoms with Crippen molar-refractivity contribution in [2.75, 3.05) is 11.4 Å². The molecule has 0 bridgehead atoms. The quantitative estimate of drug-likeness (QED) is 0.426. The highest BCUT2D eigenvalue weighted by molar-refractivity contribution is 7.97. The van der Waals surface area contributed by atoms with E-state index in [0.717, 1.165) is 52.2 Å². The number of phenolic OH excluding ortho intramolecular Hbond substituents is 1. The van der Waals surface area contributed by atoms with Crippen LogP contribution in [0.3, 0.4) is 0 Å². The number of urea groups is 1. The normalized spacial score (nSPS) is 16.2. The van der Waals surface area contributed by atoms with Crippen molar-refractivity contribution >= 4 is 23.7 Å². The van der Waals surface area contributed by atoms with Gasteiger partial charge in [-0.2, -0.15) is 0 Å². The predicted octanol–water partition coefficient (Wildman–Crippen LogP) is 5.88. The number of hydrogen-bond acceptors (Lipinski definition) is 4. The minimum Gasteiger partial charge on any atom is -0.508 e. The summed E-state index contributed by atoms with van der Waals surface area (Å²) in [4.78, 5) is 16.2. The molecule has 2 amide bonds. The maximum atomic E-state index is 13.3. The summed E-state index contributed by atoms with van der Waals surface area (Å²) >= 11 is 1.22. The van der Waals surface area contributed by atoms with Crippen molar-refractivity contribution in [1.82, 2.24) is 5.32 Å². The van der Waals surface area contributed by atoms with Crippen LogP contribution in [0.2, 0.25) is 0 Å². The number of hydrogen-bond donors (Lipinski definition) is 3. The smallest absolute Gasteiger partial charge is 0.322 e. The molecule has 1 fully saturated rings. The average molecular weight is 460 g/mol. The van der Waals surface area contributed by atoms with Gasteiger partial charge in [0.05, 0.1) is 0 Å². The van der Waals surface area contributed by atoms with E-state index < -0.39 is 0 Å². The highest BCUT2D eigenvalue weighted by atomic mass is 32.2. The molecule has 0 unspecified atom stereocenters. The van der Waals surface area contributed by atoms with Gasteiger partial charge < -0.3 is 10.4 Å². The first-order valence-corrected chi connectivity index (χ1v) is 12.3. The summed E-state index contributed by atoms with van der Waals surface area (Å²) in [6.45, 7) is 3.24. The Morgan fingerprint density at radius 1 is 1.09 bits per heavy atom. The number of anilines is 1. The van der Waals surface area contributed by atoms with E-state index in [-0.39, 0.29) is 17.2 Å². The summed E-state index contributed by atoms with van der Waals surface area (Å²) < 4.78 is 0. The van der Waals surface area contributed by atoms with Gasteiger partial charge in [-0.3, -0.25) is 10.0 Å². The molecule has 1 aliphatic heterocycles. The van der Waals surface area contributed by atoms with Gasteiger partial charge in [0.2, 0.25) is 0 Å². The highest BCUT2D eigenvalue weighted by Crippen LogP contribution is 2.51. The molecule has 4 N–H and O–H groups in total. The maximum absolute atomic E-state index is 13.3. The van der Waals surface area contributed by atoms with Gasteiger partial charge in [-0.1, -0.05) is 37.1 Å². The second kappa shape index (κ2) is 8.76. The van der Waals surface area contributed by atoms with Gasteiger partial charge in [-0.15, -0.1) is 0 Å². The predicted molar refractivity (Wildman–Crippen MR) is 134 cm³/mol. The summed E-state index contributed by atoms with van der Waals surface area (Å²) in [5.74, 6) is 0.281. The molecular weight excluding hydrogens is 430 g/mol. The summed E-state index contributed by atoms with van der Waals surface area (Å²) in [5, 5.41) is 18.5. The number of carbonyl (C=O) groups is 1. The summed E-state index contributed by atoms with van der Waals surface area (Å²) in [5.41, 5.74) is 6.68. The third-order valence-corrected chi connectivity index (χ3v) is 7.69. The second-order valence-corrected chi connectivity index (χ2v) is 9.93. The zero-order valence-electron chi connectivity index (χ0n) is 18.8. The van der Waals surface area contributed by atoms with Crippen molar-refractivity contribution in [3.8, 4) is 16.9 Å². The fraction of sp³-hybridized carbons (Fsp3) is 0.296. The third kappa shape index (κ3) is 4.09. The lowest BCUT2D eigenvalue weighted by atomic mass is 9.79. The maximum Gasteiger partial charge on any atom is 0.322 e. The molecule has 3 aromatic carbocycles. The fourth-order valence-corrected chi connectivity index (χ4v) is 5.72. The largest absolute Gasteiger partial charge is 0.508 e. The Balaban J connectivity index is 1.42. The number of fused-ring (bicyclic) bond motifs is 2. The lowest BCUT2D eigenvalue weighted by Gasteiger charge is -2.25. The standard InChI is InChI=1S/C27H29N3O2S/c1-18-14-21(31)7-10-23(18)20-6-11-25-24(15-20)27(12-2-3-13-27)17-30(25)26(32)29-16-19-4-8-22(33-28)9-5-19/h4-11,14-15,31H,2-3,12-13,16-17,28H2,1H3,(H,29,32). The van der Waals surface area contributed by atoms with E-state index in [9.17, 15) is 9.90 Å². The topological polar surface area (TPSA) is 78.6 Å². The molecule has 0 atom stereocenters. The van der Waals surface area contributed by atoms with E-state index in [2.05, 4.69) is 23.5 Å². The van der Waals surface area contributed by atoms with Crippen LogP contribution in [0.5, 0.6) is 5.75 Å². The minimum absolute atomic E-state index is 0.0352. The first-order valence-electron chi connectivity index (χ1n) is 11.4. The number of nitrogens with two attached hydrogens (primary N) is 1. The average Bonchev–Trinajstić information content (AvgIpc) is 3.43. The lowest BCUT2D eigenvalue weighted by Crippen LogP contribution is -2.41. The molecule has 3 aromatic rings. The van der Waals surface area contributed by atoms with E-state index in [0.29, 0.717) is 6.54 Å². The Morgan fingerprint density at radius 2 is 1.85 bits per heavy atom. The van der Waals surface area contributed by atoms with Crippen LogP contribution in [0.25, 0.3) is 11.1 Å². The minimum atomic E-state index is -0.0501. The summed E-state index contributed by atoms with van der Waals surface area (Å²) in [6.07, 6.45) is 4.62. The van der Waals surface area contributed by atoms with E-state index in [1.54, 1.807) is 12.1 Å². The van der Waals surface area contributed by atoms with Crippen molar-refractivity contribution in [1.29, 1.82) is 0 Å². The Kier molecular flexibility index (Phi) is 5.81. The van der Waals surface area contributed by atoms with Crippen molar-refractivity contribution in [2.24, 2.45) is 5.14 Å². The van der Waals surface area contributed by atoms with Crippen LogP contribution in [0.15, 0.2) is 65.6 Å². The van der Waals surface area contributed by atoms with E-state index in [4.69, 9.17) is 5.14 Å². The van der Waals surface area contributed by atoms with Gasteiger partial charge in [0.1, 0.15) is 5.75 Å². The number of amides is 2. The van der Waals surface area contributed by atoms with Crippen molar-refractivity contribution < 1.29 is 9.90 Å². The first kappa shape index (κ1) is 21.9. The number of phenols is 1. The van der Waals surface area contributed by atoms with Crippen LogP contribution >= 0.6 is 11.9 Å². The molecule has 0 aromatic heterocycles. The van der Waals surface area contributed by atoms with Gasteiger partial charge in [-0.25, -0.2) is 4.79 Å². The van der Waals surface area contributed by atoms with Gasteiger partial charge in [0.15, 0.2) is 0 Å². The lowest BCUT2D eigenvalue weighted by molar-refractivity contribution is 0.245. The van der Waals surface area contributed by atoms with Crippen LogP contribution in [-0.4, -0.2) is 17.7 Å². The van der Waals surface area contributed by atoms with Crippen molar-refractivity contribution in [3.63, 3.8) is 0 Å². The molecule has 2 aliphatic rings. The zero-order chi connectivity index (χ0) is 23.0. The summed E-state index contributed by atoms with van der Waals surface area (Å²) in [6, 6.07) is 19.9. The van der Waals surface area contributed by atoms with Crippen molar-refractivity contribution in [3.05, 3.63) is 77.4 Å². The van der Waals surface area contributed by atoms with Crippen LogP contribution < -0.4 is 15.4 Å². The van der Waals surface area contributed by atoms with Gasteiger partial charge in [-0.05, 0) is 95.9 Å². The molecule has 1 spiro atoms. The number of rotatable bonds is 4. The van der Waals surface area contributed by atoms with Gasteiger partial charge >= 0.3 is 6.03 Å².